The highest BCUT2D eigenvalue weighted by molar-refractivity contribution is 5.77. The lowest BCUT2D eigenvalue weighted by atomic mass is 10.0. The van der Waals surface area contributed by atoms with Crippen molar-refractivity contribution in [3.63, 3.8) is 0 Å². The number of carbonyl (C=O) groups excluding carboxylic acids is 2. The predicted molar refractivity (Wildman–Crippen MR) is 94.1 cm³/mol. The van der Waals surface area contributed by atoms with E-state index in [0.29, 0.717) is 39.3 Å². The SMILES string of the molecule is CCCNC(=O)N1CCC2(C1)Cn1nnc(CNC(=O)C(C)C)c1CO2. The summed E-state index contributed by atoms with van der Waals surface area (Å²) in [6.07, 6.45) is 1.70. The van der Waals surface area contributed by atoms with Crippen molar-refractivity contribution >= 4 is 11.9 Å². The molecule has 3 rings (SSSR count). The molecule has 3 amide bonds. The number of fused-ring (bicyclic) bond motifs is 1. The minimum atomic E-state index is -0.400. The van der Waals surface area contributed by atoms with Crippen LogP contribution in [0.1, 0.15) is 45.0 Å². The zero-order valence-corrected chi connectivity index (χ0v) is 15.7. The maximum atomic E-state index is 12.2. The number of hydrogen-bond acceptors (Lipinski definition) is 5. The highest BCUT2D eigenvalue weighted by atomic mass is 16.5. The third-order valence-electron chi connectivity index (χ3n) is 4.96. The second-order valence-electron chi connectivity index (χ2n) is 7.39. The number of rotatable bonds is 5. The molecule has 9 heteroatoms. The maximum Gasteiger partial charge on any atom is 0.317 e. The van der Waals surface area contributed by atoms with Crippen molar-refractivity contribution in [2.45, 2.75) is 58.9 Å². The van der Waals surface area contributed by atoms with Crippen LogP contribution in [0.15, 0.2) is 0 Å². The first-order valence-corrected chi connectivity index (χ1v) is 9.30. The van der Waals surface area contributed by atoms with Gasteiger partial charge in [-0.2, -0.15) is 0 Å². The molecule has 1 aromatic heterocycles. The third-order valence-corrected chi connectivity index (χ3v) is 4.96. The first-order chi connectivity index (χ1) is 12.4. The van der Waals surface area contributed by atoms with E-state index in [4.69, 9.17) is 4.74 Å². The van der Waals surface area contributed by atoms with E-state index in [0.717, 1.165) is 24.2 Å². The molecule has 0 bridgehead atoms. The van der Waals surface area contributed by atoms with Crippen molar-refractivity contribution in [3.8, 4) is 0 Å². The molecular formula is C17H28N6O3. The Labute approximate surface area is 153 Å². The Kier molecular flexibility index (Phi) is 5.45. The van der Waals surface area contributed by atoms with Crippen molar-refractivity contribution in [1.82, 2.24) is 30.5 Å². The van der Waals surface area contributed by atoms with Crippen LogP contribution in [-0.4, -0.2) is 57.1 Å². The van der Waals surface area contributed by atoms with Crippen LogP contribution in [0.25, 0.3) is 0 Å². The number of nitrogens with one attached hydrogen (secondary N) is 2. The van der Waals surface area contributed by atoms with E-state index in [2.05, 4.69) is 20.9 Å². The van der Waals surface area contributed by atoms with Crippen molar-refractivity contribution in [2.24, 2.45) is 5.92 Å². The van der Waals surface area contributed by atoms with Gasteiger partial charge < -0.3 is 20.3 Å². The molecule has 2 aliphatic rings. The predicted octanol–water partition coefficient (Wildman–Crippen LogP) is 0.645. The molecule has 1 atom stereocenters. The normalized spacial score (nSPS) is 21.9. The topological polar surface area (TPSA) is 101 Å². The fourth-order valence-electron chi connectivity index (χ4n) is 3.31. The molecule has 1 saturated heterocycles. The van der Waals surface area contributed by atoms with Crippen LogP contribution in [0.5, 0.6) is 0 Å². The smallest absolute Gasteiger partial charge is 0.317 e. The number of hydrogen-bond donors (Lipinski definition) is 2. The van der Waals surface area contributed by atoms with E-state index in [1.54, 1.807) is 4.90 Å². The molecule has 144 valence electrons. The Morgan fingerprint density at radius 1 is 1.31 bits per heavy atom. The lowest BCUT2D eigenvalue weighted by molar-refractivity contribution is -0.124. The highest BCUT2D eigenvalue weighted by Crippen LogP contribution is 2.32. The zero-order chi connectivity index (χ0) is 18.7. The number of likely N-dealkylation sites (tertiary alicyclic amines) is 1. The van der Waals surface area contributed by atoms with E-state index >= 15 is 0 Å². The standard InChI is InChI=1S/C17H28N6O3/c1-4-6-18-16(25)22-7-5-17(10-22)11-23-14(9-26-17)13(20-21-23)8-19-15(24)12(2)3/h12H,4-11H2,1-3H3,(H,18,25)(H,19,24). The summed E-state index contributed by atoms with van der Waals surface area (Å²) in [6.45, 7) is 8.98. The van der Waals surface area contributed by atoms with Crippen LogP contribution in [0.3, 0.4) is 0 Å². The molecule has 0 aromatic carbocycles. The van der Waals surface area contributed by atoms with E-state index < -0.39 is 5.60 Å². The first kappa shape index (κ1) is 18.6. The van der Waals surface area contributed by atoms with Gasteiger partial charge in [0.15, 0.2) is 0 Å². The average Bonchev–Trinajstić information content (AvgIpc) is 3.21. The van der Waals surface area contributed by atoms with Crippen LogP contribution >= 0.6 is 0 Å². The summed E-state index contributed by atoms with van der Waals surface area (Å²) >= 11 is 0. The first-order valence-electron chi connectivity index (χ1n) is 9.30. The lowest BCUT2D eigenvalue weighted by Gasteiger charge is -2.33. The summed E-state index contributed by atoms with van der Waals surface area (Å²) < 4.78 is 8.01. The maximum absolute atomic E-state index is 12.2. The molecule has 1 fully saturated rings. The highest BCUT2D eigenvalue weighted by Gasteiger charge is 2.44. The van der Waals surface area contributed by atoms with Crippen LogP contribution < -0.4 is 10.6 Å². The molecule has 26 heavy (non-hydrogen) atoms. The Balaban J connectivity index is 1.61. The molecule has 0 radical (unpaired) electrons. The minimum Gasteiger partial charge on any atom is -0.365 e. The molecule has 0 saturated carbocycles. The van der Waals surface area contributed by atoms with E-state index in [9.17, 15) is 9.59 Å². The second-order valence-corrected chi connectivity index (χ2v) is 7.39. The number of aromatic nitrogens is 3. The van der Waals surface area contributed by atoms with Crippen LogP contribution in [0.2, 0.25) is 0 Å². The summed E-state index contributed by atoms with van der Waals surface area (Å²) in [4.78, 5) is 25.7. The van der Waals surface area contributed by atoms with Gasteiger partial charge in [-0.1, -0.05) is 26.0 Å². The fraction of sp³-hybridized carbons (Fsp3) is 0.765. The van der Waals surface area contributed by atoms with Gasteiger partial charge in [0.05, 0.1) is 31.9 Å². The monoisotopic (exact) mass is 364 g/mol. The van der Waals surface area contributed by atoms with E-state index in [1.807, 2.05) is 25.5 Å². The summed E-state index contributed by atoms with van der Waals surface area (Å²) in [5.41, 5.74) is 1.24. The van der Waals surface area contributed by atoms with Crippen molar-refractivity contribution < 1.29 is 14.3 Å². The minimum absolute atomic E-state index is 0.00975. The molecule has 0 aliphatic carbocycles. The van der Waals surface area contributed by atoms with Crippen LogP contribution in [0, 0.1) is 5.92 Å². The van der Waals surface area contributed by atoms with Gasteiger partial charge in [-0.15, -0.1) is 5.10 Å². The fourth-order valence-corrected chi connectivity index (χ4v) is 3.31. The zero-order valence-electron chi connectivity index (χ0n) is 15.7. The largest absolute Gasteiger partial charge is 0.365 e. The van der Waals surface area contributed by atoms with Gasteiger partial charge in [0.1, 0.15) is 11.3 Å². The molecule has 2 N–H and O–H groups in total. The average molecular weight is 364 g/mol. The van der Waals surface area contributed by atoms with Gasteiger partial charge in [-0.3, -0.25) is 4.79 Å². The van der Waals surface area contributed by atoms with Crippen molar-refractivity contribution in [3.05, 3.63) is 11.4 Å². The molecule has 3 heterocycles. The number of carbonyl (C=O) groups is 2. The Morgan fingerprint density at radius 2 is 2.12 bits per heavy atom. The Bertz CT molecular complexity index is 673. The van der Waals surface area contributed by atoms with Gasteiger partial charge >= 0.3 is 6.03 Å². The van der Waals surface area contributed by atoms with Gasteiger partial charge in [0, 0.05) is 19.0 Å². The molecule has 2 aliphatic heterocycles. The number of ether oxygens (including phenoxy) is 1. The quantitative estimate of drug-likeness (QED) is 0.799. The molecule has 1 aromatic rings. The van der Waals surface area contributed by atoms with Gasteiger partial charge in [-0.05, 0) is 12.8 Å². The van der Waals surface area contributed by atoms with Crippen molar-refractivity contribution in [2.75, 3.05) is 19.6 Å². The van der Waals surface area contributed by atoms with Gasteiger partial charge in [0.2, 0.25) is 5.91 Å². The number of nitrogens with zero attached hydrogens (tertiary/aromatic N) is 4. The van der Waals surface area contributed by atoms with E-state index in [1.165, 1.54) is 0 Å². The van der Waals surface area contributed by atoms with E-state index in [-0.39, 0.29) is 17.9 Å². The summed E-state index contributed by atoms with van der Waals surface area (Å²) in [7, 11) is 0. The summed E-state index contributed by atoms with van der Waals surface area (Å²) in [5.74, 6) is -0.0753. The Morgan fingerprint density at radius 3 is 2.85 bits per heavy atom. The molecule has 9 nitrogen and oxygen atoms in total. The third kappa shape index (κ3) is 3.82. The molecule has 1 spiro atoms. The van der Waals surface area contributed by atoms with Crippen LogP contribution in [0.4, 0.5) is 4.79 Å². The number of amides is 3. The summed E-state index contributed by atoms with van der Waals surface area (Å²) in [5, 5.41) is 14.2. The molecular weight excluding hydrogens is 336 g/mol. The molecule has 1 unspecified atom stereocenters. The van der Waals surface area contributed by atoms with Crippen molar-refractivity contribution in [1.29, 1.82) is 0 Å². The number of urea groups is 1. The Hall–Kier alpha value is -2.16. The van der Waals surface area contributed by atoms with Gasteiger partial charge in [0.25, 0.3) is 0 Å². The second kappa shape index (κ2) is 7.61. The summed E-state index contributed by atoms with van der Waals surface area (Å²) in [6, 6.07) is -0.0335. The lowest BCUT2D eigenvalue weighted by Crippen LogP contribution is -2.47. The van der Waals surface area contributed by atoms with Crippen LogP contribution in [-0.2, 0) is 29.2 Å². The van der Waals surface area contributed by atoms with Gasteiger partial charge in [-0.25, -0.2) is 9.48 Å².